The zero-order chi connectivity index (χ0) is 15.9. The predicted molar refractivity (Wildman–Crippen MR) is 81.0 cm³/mol. The largest absolute Gasteiger partial charge is 0.512 e. The molecular formula is C16H16N2O4. The quantitative estimate of drug-likeness (QED) is 0.506. The number of aliphatic hydroxyl groups is 1. The molecule has 1 amide bonds. The van der Waals surface area contributed by atoms with Crippen LogP contribution in [0, 0.1) is 0 Å². The molecule has 1 aromatic heterocycles. The lowest BCUT2D eigenvalue weighted by Gasteiger charge is -2.15. The molecule has 0 saturated carbocycles. The molecule has 2 heterocycles. The number of hydrogen-bond acceptors (Lipinski definition) is 4. The van der Waals surface area contributed by atoms with Crippen LogP contribution in [0.4, 0.5) is 0 Å². The lowest BCUT2D eigenvalue weighted by Crippen LogP contribution is -2.24. The van der Waals surface area contributed by atoms with Crippen LogP contribution < -0.4 is 4.74 Å². The van der Waals surface area contributed by atoms with Crippen molar-refractivity contribution < 1.29 is 19.4 Å². The van der Waals surface area contributed by atoms with E-state index in [4.69, 9.17) is 4.74 Å². The van der Waals surface area contributed by atoms with Crippen molar-refractivity contribution in [2.24, 2.45) is 0 Å². The Morgan fingerprint density at radius 3 is 2.82 bits per heavy atom. The molecule has 1 aliphatic rings. The van der Waals surface area contributed by atoms with E-state index in [9.17, 15) is 14.7 Å². The fourth-order valence-electron chi connectivity index (χ4n) is 2.75. The Balaban J connectivity index is 2.26. The zero-order valence-electron chi connectivity index (χ0n) is 12.3. The minimum absolute atomic E-state index is 0.0686. The number of ketones is 1. The first kappa shape index (κ1) is 14.2. The molecule has 0 spiro atoms. The van der Waals surface area contributed by atoms with E-state index < -0.39 is 0 Å². The standard InChI is InChI=1S/C16H16N2O4/c1-9(20)12-6-18(8-19)7-13-11-5-10(22-2)3-4-14(11)17-15(13)16(12)21/h3-5,8,17,20H,6-7H2,1-2H3/b12-9-. The van der Waals surface area contributed by atoms with Crippen LogP contribution in [0.1, 0.15) is 23.0 Å². The number of H-pyrrole nitrogens is 1. The zero-order valence-corrected chi connectivity index (χ0v) is 12.3. The van der Waals surface area contributed by atoms with E-state index in [-0.39, 0.29) is 23.7 Å². The molecule has 0 fully saturated rings. The van der Waals surface area contributed by atoms with E-state index in [0.29, 0.717) is 24.4 Å². The monoisotopic (exact) mass is 300 g/mol. The second kappa shape index (κ2) is 5.22. The van der Waals surface area contributed by atoms with E-state index in [1.165, 1.54) is 11.8 Å². The lowest BCUT2D eigenvalue weighted by molar-refractivity contribution is -0.118. The number of Topliss-reactive ketones (excluding diaryl/α,β-unsaturated/α-hetero) is 1. The number of hydrogen-bond donors (Lipinski definition) is 2. The van der Waals surface area contributed by atoms with E-state index in [1.807, 2.05) is 12.1 Å². The number of aromatic amines is 1. The van der Waals surface area contributed by atoms with Gasteiger partial charge in [0.15, 0.2) is 0 Å². The summed E-state index contributed by atoms with van der Waals surface area (Å²) in [4.78, 5) is 28.5. The van der Waals surface area contributed by atoms with Gasteiger partial charge in [0.2, 0.25) is 12.2 Å². The first-order valence-corrected chi connectivity index (χ1v) is 6.86. The third kappa shape index (κ3) is 2.13. The summed E-state index contributed by atoms with van der Waals surface area (Å²) < 4.78 is 5.22. The molecule has 0 aliphatic carbocycles. The Kier molecular flexibility index (Phi) is 3.36. The van der Waals surface area contributed by atoms with Gasteiger partial charge in [-0.3, -0.25) is 9.59 Å². The Morgan fingerprint density at radius 1 is 1.41 bits per heavy atom. The normalized spacial score (nSPS) is 17.2. The second-order valence-corrected chi connectivity index (χ2v) is 5.29. The molecular weight excluding hydrogens is 284 g/mol. The van der Waals surface area contributed by atoms with Crippen LogP contribution in [0.25, 0.3) is 10.9 Å². The Bertz CT molecular complexity index is 800. The Hall–Kier alpha value is -2.76. The summed E-state index contributed by atoms with van der Waals surface area (Å²) in [5.74, 6) is 0.327. The van der Waals surface area contributed by atoms with Gasteiger partial charge >= 0.3 is 0 Å². The van der Waals surface area contributed by atoms with E-state index in [1.54, 1.807) is 13.2 Å². The van der Waals surface area contributed by atoms with Gasteiger partial charge < -0.3 is 19.7 Å². The summed E-state index contributed by atoms with van der Waals surface area (Å²) in [5.41, 5.74) is 2.17. The summed E-state index contributed by atoms with van der Waals surface area (Å²) in [6, 6.07) is 5.46. The number of rotatable bonds is 2. The van der Waals surface area contributed by atoms with Gasteiger partial charge in [0.25, 0.3) is 0 Å². The summed E-state index contributed by atoms with van der Waals surface area (Å²) in [6.07, 6.45) is 0.685. The number of methoxy groups -OCH3 is 1. The highest BCUT2D eigenvalue weighted by Crippen LogP contribution is 2.31. The number of aromatic nitrogens is 1. The van der Waals surface area contributed by atoms with Gasteiger partial charge in [0.05, 0.1) is 30.7 Å². The first-order chi connectivity index (χ1) is 10.5. The Labute approximate surface area is 127 Å². The summed E-state index contributed by atoms with van der Waals surface area (Å²) in [7, 11) is 1.57. The number of amides is 1. The number of carbonyl (C=O) groups is 2. The van der Waals surface area contributed by atoms with Crippen molar-refractivity contribution in [2.75, 3.05) is 13.7 Å². The van der Waals surface area contributed by atoms with Crippen molar-refractivity contribution in [1.82, 2.24) is 9.88 Å². The molecule has 1 aliphatic heterocycles. The molecule has 0 bridgehead atoms. The maximum absolute atomic E-state index is 12.6. The van der Waals surface area contributed by atoms with Crippen LogP contribution in [0.2, 0.25) is 0 Å². The van der Waals surface area contributed by atoms with Gasteiger partial charge in [-0.05, 0) is 25.1 Å². The smallest absolute Gasteiger partial charge is 0.210 e. The second-order valence-electron chi connectivity index (χ2n) is 5.29. The highest BCUT2D eigenvalue weighted by atomic mass is 16.5. The van der Waals surface area contributed by atoms with Crippen molar-refractivity contribution >= 4 is 23.1 Å². The number of benzene rings is 1. The summed E-state index contributed by atoms with van der Waals surface area (Å²) >= 11 is 0. The van der Waals surface area contributed by atoms with Crippen LogP contribution in [0.3, 0.4) is 0 Å². The van der Waals surface area contributed by atoms with Crippen LogP contribution >= 0.6 is 0 Å². The number of carbonyl (C=O) groups excluding carboxylic acids is 2. The first-order valence-electron chi connectivity index (χ1n) is 6.86. The number of fused-ring (bicyclic) bond motifs is 3. The van der Waals surface area contributed by atoms with Gasteiger partial charge in [-0.2, -0.15) is 0 Å². The van der Waals surface area contributed by atoms with Crippen LogP contribution in [0.5, 0.6) is 5.75 Å². The summed E-state index contributed by atoms with van der Waals surface area (Å²) in [5, 5.41) is 10.6. The van der Waals surface area contributed by atoms with Crippen molar-refractivity contribution in [1.29, 1.82) is 0 Å². The van der Waals surface area contributed by atoms with Crippen molar-refractivity contribution in [3.63, 3.8) is 0 Å². The highest BCUT2D eigenvalue weighted by molar-refractivity contribution is 6.12. The molecule has 0 radical (unpaired) electrons. The third-order valence-electron chi connectivity index (χ3n) is 3.92. The Morgan fingerprint density at radius 2 is 2.18 bits per heavy atom. The SMILES string of the molecule is COc1ccc2[nH]c3c(c2c1)CN(C=O)C/C(=C(\C)O)C3=O. The van der Waals surface area contributed by atoms with Crippen molar-refractivity contribution in [2.45, 2.75) is 13.5 Å². The minimum Gasteiger partial charge on any atom is -0.512 e. The lowest BCUT2D eigenvalue weighted by atomic mass is 10.0. The predicted octanol–water partition coefficient (Wildman–Crippen LogP) is 2.16. The molecule has 6 nitrogen and oxygen atoms in total. The number of aliphatic hydroxyl groups excluding tert-OH is 1. The van der Waals surface area contributed by atoms with Gasteiger partial charge in [-0.25, -0.2) is 0 Å². The van der Waals surface area contributed by atoms with Crippen LogP contribution in [-0.4, -0.2) is 40.8 Å². The molecule has 0 atom stereocenters. The minimum atomic E-state index is -0.283. The average molecular weight is 300 g/mol. The van der Waals surface area contributed by atoms with Gasteiger partial charge in [0, 0.05) is 23.0 Å². The van der Waals surface area contributed by atoms with E-state index in [0.717, 1.165) is 16.5 Å². The number of nitrogens with one attached hydrogen (secondary N) is 1. The van der Waals surface area contributed by atoms with E-state index >= 15 is 0 Å². The van der Waals surface area contributed by atoms with Crippen LogP contribution in [-0.2, 0) is 11.3 Å². The molecule has 0 saturated heterocycles. The average Bonchev–Trinajstić information content (AvgIpc) is 2.80. The van der Waals surface area contributed by atoms with E-state index in [2.05, 4.69) is 4.98 Å². The highest BCUT2D eigenvalue weighted by Gasteiger charge is 2.28. The third-order valence-corrected chi connectivity index (χ3v) is 3.92. The topological polar surface area (TPSA) is 82.6 Å². The maximum atomic E-state index is 12.6. The number of allylic oxidation sites excluding steroid dienone is 1. The fourth-order valence-corrected chi connectivity index (χ4v) is 2.75. The van der Waals surface area contributed by atoms with Gasteiger partial charge in [0.1, 0.15) is 5.75 Å². The summed E-state index contributed by atoms with van der Waals surface area (Å²) in [6.45, 7) is 1.85. The molecule has 22 heavy (non-hydrogen) atoms. The number of nitrogens with zero attached hydrogens (tertiary/aromatic N) is 1. The molecule has 1 aromatic carbocycles. The molecule has 3 rings (SSSR count). The van der Waals surface area contributed by atoms with Crippen molar-refractivity contribution in [3.05, 3.63) is 40.8 Å². The number of ether oxygens (including phenoxy) is 1. The molecule has 114 valence electrons. The van der Waals surface area contributed by atoms with Gasteiger partial charge in [-0.15, -0.1) is 0 Å². The molecule has 2 N–H and O–H groups in total. The van der Waals surface area contributed by atoms with Gasteiger partial charge in [-0.1, -0.05) is 0 Å². The van der Waals surface area contributed by atoms with Crippen molar-refractivity contribution in [3.8, 4) is 5.75 Å². The molecule has 0 unspecified atom stereocenters. The maximum Gasteiger partial charge on any atom is 0.210 e. The molecule has 6 heteroatoms. The van der Waals surface area contributed by atoms with Crippen LogP contribution in [0.15, 0.2) is 29.5 Å². The molecule has 2 aromatic rings. The fraction of sp³-hybridized carbons (Fsp3) is 0.250.